The van der Waals surface area contributed by atoms with Gasteiger partial charge in [0.1, 0.15) is 5.82 Å². The lowest BCUT2D eigenvalue weighted by Gasteiger charge is -2.02. The van der Waals surface area contributed by atoms with Gasteiger partial charge >= 0.3 is 0 Å². The Labute approximate surface area is 106 Å². The van der Waals surface area contributed by atoms with Crippen LogP contribution in [0, 0.1) is 20.8 Å². The van der Waals surface area contributed by atoms with E-state index in [0.29, 0.717) is 0 Å². The molecule has 0 bridgehead atoms. The minimum atomic E-state index is 0.893. The second kappa shape index (κ2) is 3.95. The van der Waals surface area contributed by atoms with Gasteiger partial charge in [0.2, 0.25) is 0 Å². The molecule has 0 amide bonds. The van der Waals surface area contributed by atoms with Crippen LogP contribution in [0.4, 0.5) is 0 Å². The number of aromatic nitrogens is 3. The van der Waals surface area contributed by atoms with E-state index >= 15 is 0 Å². The molecule has 0 aliphatic heterocycles. The number of para-hydroxylation sites is 1. The summed E-state index contributed by atoms with van der Waals surface area (Å²) in [4.78, 5) is 12.5. The number of nitrogens with zero attached hydrogens (tertiary/aromatic N) is 2. The molecule has 1 aromatic carbocycles. The fraction of sp³-hybridized carbons (Fsp3) is 0.200. The Balaban J connectivity index is 2.23. The van der Waals surface area contributed by atoms with Gasteiger partial charge in [-0.15, -0.1) is 0 Å². The standard InChI is InChI=1S/C15H15N3/c1-9-5-4-6-13-14(9)18-15(17-13)12-8-7-10(2)16-11(12)3/h4-8H,1-3H3,(H,17,18). The van der Waals surface area contributed by atoms with Gasteiger partial charge in [-0.3, -0.25) is 4.98 Å². The number of hydrogen-bond donors (Lipinski definition) is 1. The van der Waals surface area contributed by atoms with Crippen molar-refractivity contribution in [1.82, 2.24) is 15.0 Å². The SMILES string of the molecule is Cc1ccc(-c2nc3c(C)cccc3[nH]2)c(C)n1. The Kier molecular flexibility index (Phi) is 2.40. The molecular weight excluding hydrogens is 222 g/mol. The van der Waals surface area contributed by atoms with E-state index in [1.54, 1.807) is 0 Å². The summed E-state index contributed by atoms with van der Waals surface area (Å²) in [6.45, 7) is 6.09. The molecule has 1 N–H and O–H groups in total. The maximum Gasteiger partial charge on any atom is 0.140 e. The smallest absolute Gasteiger partial charge is 0.140 e. The van der Waals surface area contributed by atoms with Crippen molar-refractivity contribution >= 4 is 11.0 Å². The van der Waals surface area contributed by atoms with Crippen molar-refractivity contribution in [3.8, 4) is 11.4 Å². The first-order valence-electron chi connectivity index (χ1n) is 6.05. The van der Waals surface area contributed by atoms with Gasteiger partial charge in [0, 0.05) is 17.0 Å². The number of aromatic amines is 1. The highest BCUT2D eigenvalue weighted by Crippen LogP contribution is 2.24. The van der Waals surface area contributed by atoms with Crippen LogP contribution in [0.25, 0.3) is 22.4 Å². The molecule has 0 saturated heterocycles. The molecule has 0 saturated carbocycles. The zero-order valence-corrected chi connectivity index (χ0v) is 10.8. The molecule has 3 heteroatoms. The van der Waals surface area contributed by atoms with E-state index in [-0.39, 0.29) is 0 Å². The van der Waals surface area contributed by atoms with Gasteiger partial charge in [0.05, 0.1) is 11.0 Å². The molecule has 0 aliphatic carbocycles. The van der Waals surface area contributed by atoms with Crippen LogP contribution < -0.4 is 0 Å². The van der Waals surface area contributed by atoms with Crippen molar-refractivity contribution in [1.29, 1.82) is 0 Å². The summed E-state index contributed by atoms with van der Waals surface area (Å²) in [5.41, 5.74) is 6.40. The Morgan fingerprint density at radius 2 is 1.78 bits per heavy atom. The van der Waals surface area contributed by atoms with Gasteiger partial charge in [0.15, 0.2) is 0 Å². The zero-order chi connectivity index (χ0) is 12.7. The van der Waals surface area contributed by atoms with Crippen molar-refractivity contribution in [2.75, 3.05) is 0 Å². The van der Waals surface area contributed by atoms with Crippen LogP contribution in [0.5, 0.6) is 0 Å². The van der Waals surface area contributed by atoms with Gasteiger partial charge in [0.25, 0.3) is 0 Å². The first-order chi connectivity index (χ1) is 8.65. The van der Waals surface area contributed by atoms with Gasteiger partial charge < -0.3 is 4.98 Å². The number of rotatable bonds is 1. The molecule has 3 rings (SSSR count). The number of aryl methyl sites for hydroxylation is 3. The minimum absolute atomic E-state index is 0.893. The van der Waals surface area contributed by atoms with E-state index in [1.165, 1.54) is 5.56 Å². The third-order valence-corrected chi connectivity index (χ3v) is 3.19. The third-order valence-electron chi connectivity index (χ3n) is 3.19. The molecule has 2 heterocycles. The van der Waals surface area contributed by atoms with Crippen LogP contribution in [-0.4, -0.2) is 15.0 Å². The van der Waals surface area contributed by atoms with Crippen LogP contribution in [0.2, 0.25) is 0 Å². The Morgan fingerprint density at radius 3 is 2.50 bits per heavy atom. The average molecular weight is 237 g/mol. The summed E-state index contributed by atoms with van der Waals surface area (Å²) < 4.78 is 0. The summed E-state index contributed by atoms with van der Waals surface area (Å²) in [7, 11) is 0. The molecular formula is C15H15N3. The number of imidazole rings is 1. The zero-order valence-electron chi connectivity index (χ0n) is 10.8. The highest BCUT2D eigenvalue weighted by Gasteiger charge is 2.09. The Hall–Kier alpha value is -2.16. The van der Waals surface area contributed by atoms with Gasteiger partial charge in [-0.05, 0) is 44.5 Å². The lowest BCUT2D eigenvalue weighted by atomic mass is 10.2. The summed E-state index contributed by atoms with van der Waals surface area (Å²) >= 11 is 0. The maximum absolute atomic E-state index is 4.68. The topological polar surface area (TPSA) is 41.6 Å². The molecule has 0 atom stereocenters. The molecule has 3 aromatic rings. The first-order valence-corrected chi connectivity index (χ1v) is 6.05. The van der Waals surface area contributed by atoms with Gasteiger partial charge in [-0.25, -0.2) is 4.98 Å². The van der Waals surface area contributed by atoms with Crippen molar-refractivity contribution in [2.24, 2.45) is 0 Å². The highest BCUT2D eigenvalue weighted by molar-refractivity contribution is 5.82. The summed E-state index contributed by atoms with van der Waals surface area (Å²) in [6.07, 6.45) is 0. The summed E-state index contributed by atoms with van der Waals surface area (Å²) in [5, 5.41) is 0. The van der Waals surface area contributed by atoms with Crippen molar-refractivity contribution < 1.29 is 0 Å². The van der Waals surface area contributed by atoms with Crippen LogP contribution in [0.3, 0.4) is 0 Å². The van der Waals surface area contributed by atoms with Crippen molar-refractivity contribution in [3.63, 3.8) is 0 Å². The molecule has 90 valence electrons. The Bertz CT molecular complexity index is 726. The van der Waals surface area contributed by atoms with Crippen LogP contribution >= 0.6 is 0 Å². The number of nitrogens with one attached hydrogen (secondary N) is 1. The van der Waals surface area contributed by atoms with E-state index in [9.17, 15) is 0 Å². The quantitative estimate of drug-likeness (QED) is 0.703. The molecule has 0 spiro atoms. The van der Waals surface area contributed by atoms with E-state index in [1.807, 2.05) is 26.0 Å². The van der Waals surface area contributed by atoms with Crippen molar-refractivity contribution in [2.45, 2.75) is 20.8 Å². The molecule has 0 aliphatic rings. The molecule has 3 nitrogen and oxygen atoms in total. The van der Waals surface area contributed by atoms with Crippen LogP contribution in [0.1, 0.15) is 17.0 Å². The van der Waals surface area contributed by atoms with Crippen LogP contribution in [0.15, 0.2) is 30.3 Å². The molecule has 0 fully saturated rings. The van der Waals surface area contributed by atoms with E-state index in [0.717, 1.165) is 33.8 Å². The van der Waals surface area contributed by atoms with Gasteiger partial charge in [-0.1, -0.05) is 12.1 Å². The van der Waals surface area contributed by atoms with Crippen molar-refractivity contribution in [3.05, 3.63) is 47.3 Å². The predicted molar refractivity (Wildman–Crippen MR) is 73.5 cm³/mol. The van der Waals surface area contributed by atoms with Crippen LogP contribution in [-0.2, 0) is 0 Å². The van der Waals surface area contributed by atoms with E-state index in [4.69, 9.17) is 0 Å². The number of pyridine rings is 1. The molecule has 2 aromatic heterocycles. The predicted octanol–water partition coefficient (Wildman–Crippen LogP) is 3.55. The Morgan fingerprint density at radius 1 is 0.944 bits per heavy atom. The third kappa shape index (κ3) is 1.68. The number of hydrogen-bond acceptors (Lipinski definition) is 2. The fourth-order valence-corrected chi connectivity index (χ4v) is 2.24. The lowest BCUT2D eigenvalue weighted by Crippen LogP contribution is -1.91. The normalized spacial score (nSPS) is 11.1. The van der Waals surface area contributed by atoms with E-state index < -0.39 is 0 Å². The monoisotopic (exact) mass is 237 g/mol. The average Bonchev–Trinajstić information content (AvgIpc) is 2.74. The highest BCUT2D eigenvalue weighted by atomic mass is 14.9. The minimum Gasteiger partial charge on any atom is -0.338 e. The number of fused-ring (bicyclic) bond motifs is 1. The first kappa shape index (κ1) is 11.0. The number of H-pyrrole nitrogens is 1. The largest absolute Gasteiger partial charge is 0.338 e. The van der Waals surface area contributed by atoms with E-state index in [2.05, 4.69) is 40.1 Å². The molecule has 0 unspecified atom stereocenters. The van der Waals surface area contributed by atoms with Gasteiger partial charge in [-0.2, -0.15) is 0 Å². The molecule has 18 heavy (non-hydrogen) atoms. The second-order valence-corrected chi connectivity index (χ2v) is 4.64. The number of benzene rings is 1. The fourth-order valence-electron chi connectivity index (χ4n) is 2.24. The molecule has 0 radical (unpaired) electrons. The lowest BCUT2D eigenvalue weighted by molar-refractivity contribution is 1.11. The summed E-state index contributed by atoms with van der Waals surface area (Å²) in [5.74, 6) is 0.893. The maximum atomic E-state index is 4.68. The summed E-state index contributed by atoms with van der Waals surface area (Å²) in [6, 6.07) is 10.3. The second-order valence-electron chi connectivity index (χ2n) is 4.64.